The van der Waals surface area contributed by atoms with E-state index in [0.29, 0.717) is 0 Å². The zero-order valence-corrected chi connectivity index (χ0v) is 16.3. The van der Waals surface area contributed by atoms with E-state index in [1.165, 1.54) is 19.2 Å². The Hall–Kier alpha value is -3.55. The van der Waals surface area contributed by atoms with Gasteiger partial charge in [0.1, 0.15) is 17.1 Å². The van der Waals surface area contributed by atoms with Crippen LogP contribution in [0.15, 0.2) is 36.5 Å². The van der Waals surface area contributed by atoms with Crippen molar-refractivity contribution in [3.05, 3.63) is 47.9 Å². The van der Waals surface area contributed by atoms with Crippen LogP contribution >= 0.6 is 0 Å². The molecule has 2 N–H and O–H groups in total. The van der Waals surface area contributed by atoms with Crippen molar-refractivity contribution in [2.75, 3.05) is 30.9 Å². The molecule has 170 valence electrons. The van der Waals surface area contributed by atoms with Crippen molar-refractivity contribution in [2.45, 2.75) is 12.4 Å². The van der Waals surface area contributed by atoms with Gasteiger partial charge in [-0.3, -0.25) is 4.98 Å². The highest BCUT2D eigenvalue weighted by Gasteiger charge is 2.33. The summed E-state index contributed by atoms with van der Waals surface area (Å²) >= 11 is 0. The third kappa shape index (κ3) is 6.00. The van der Waals surface area contributed by atoms with Gasteiger partial charge in [-0.25, -0.2) is 4.98 Å². The van der Waals surface area contributed by atoms with E-state index < -0.39 is 23.7 Å². The number of nitrogens with one attached hydrogen (secondary N) is 2. The van der Waals surface area contributed by atoms with Crippen LogP contribution in [-0.4, -0.2) is 45.2 Å². The molecule has 0 atom stereocenters. The summed E-state index contributed by atoms with van der Waals surface area (Å²) in [5, 5.41) is 5.37. The summed E-state index contributed by atoms with van der Waals surface area (Å²) < 4.78 is 82.7. The summed E-state index contributed by atoms with van der Waals surface area (Å²) in [6.07, 6.45) is -8.41. The predicted octanol–water partition coefficient (Wildman–Crippen LogP) is 4.17. The Morgan fingerprint density at radius 2 is 1.59 bits per heavy atom. The molecule has 0 radical (unpaired) electrons. The molecule has 0 unspecified atom stereocenters. The fourth-order valence-electron chi connectivity index (χ4n) is 2.40. The van der Waals surface area contributed by atoms with Crippen LogP contribution in [0.2, 0.25) is 0 Å². The van der Waals surface area contributed by atoms with Gasteiger partial charge in [0.25, 0.3) is 0 Å². The molecule has 0 fully saturated rings. The molecule has 0 saturated carbocycles. The number of ether oxygens (including phenoxy) is 1. The Morgan fingerprint density at radius 3 is 2.28 bits per heavy atom. The van der Waals surface area contributed by atoms with E-state index in [1.807, 2.05) is 0 Å². The second-order valence-electron chi connectivity index (χ2n) is 6.18. The van der Waals surface area contributed by atoms with Gasteiger partial charge in [-0.15, -0.1) is 0 Å². The number of hydrogen-bond donors (Lipinski definition) is 2. The summed E-state index contributed by atoms with van der Waals surface area (Å²) in [6.45, 7) is 0.522. The number of alkyl halides is 6. The van der Waals surface area contributed by atoms with Gasteiger partial charge in [0.2, 0.25) is 11.9 Å². The first-order valence-corrected chi connectivity index (χ1v) is 8.90. The molecule has 0 aliphatic heterocycles. The van der Waals surface area contributed by atoms with E-state index in [9.17, 15) is 26.3 Å². The molecule has 3 rings (SSSR count). The average molecular weight is 459 g/mol. The summed E-state index contributed by atoms with van der Waals surface area (Å²) in [7, 11) is 1.46. The minimum Gasteiger partial charge on any atom is -0.383 e. The van der Waals surface area contributed by atoms with Crippen molar-refractivity contribution in [1.29, 1.82) is 0 Å². The minimum absolute atomic E-state index is 0.0377. The number of methoxy groups -OCH3 is 1. The third-order valence-electron chi connectivity index (χ3n) is 3.80. The van der Waals surface area contributed by atoms with E-state index in [-0.39, 0.29) is 42.3 Å². The molecule has 3 heterocycles. The largest absolute Gasteiger partial charge is 0.433 e. The van der Waals surface area contributed by atoms with Crippen molar-refractivity contribution in [1.82, 2.24) is 24.9 Å². The number of nitrogens with zero attached hydrogens (tertiary/aromatic N) is 5. The number of hydrogen-bond acceptors (Lipinski definition) is 8. The monoisotopic (exact) mass is 459 g/mol. The lowest BCUT2D eigenvalue weighted by Crippen LogP contribution is -2.13. The molecule has 0 aromatic carbocycles. The molecule has 0 aliphatic rings. The van der Waals surface area contributed by atoms with Gasteiger partial charge in [-0.2, -0.15) is 41.3 Å². The highest BCUT2D eigenvalue weighted by molar-refractivity contribution is 5.59. The highest BCUT2D eigenvalue weighted by atomic mass is 19.4. The van der Waals surface area contributed by atoms with E-state index >= 15 is 0 Å². The SMILES string of the molecule is COCCNc1nc(Nc2ccnc(C(F)(F)F)c2)nc(-c2cccc(C(F)(F)F)n2)n1. The fourth-order valence-corrected chi connectivity index (χ4v) is 2.40. The molecule has 14 heteroatoms. The lowest BCUT2D eigenvalue weighted by molar-refractivity contribution is -0.141. The van der Waals surface area contributed by atoms with Crippen LogP contribution in [0, 0.1) is 0 Å². The van der Waals surface area contributed by atoms with Gasteiger partial charge < -0.3 is 15.4 Å². The number of rotatable bonds is 7. The molecule has 0 spiro atoms. The van der Waals surface area contributed by atoms with Crippen LogP contribution in [0.25, 0.3) is 11.5 Å². The zero-order chi connectivity index (χ0) is 23.4. The van der Waals surface area contributed by atoms with Gasteiger partial charge in [0, 0.05) is 25.5 Å². The Kier molecular flexibility index (Phi) is 6.72. The maximum atomic E-state index is 13.0. The first kappa shape index (κ1) is 23.1. The lowest BCUT2D eigenvalue weighted by atomic mass is 10.3. The average Bonchev–Trinajstić information content (AvgIpc) is 2.73. The second kappa shape index (κ2) is 9.30. The van der Waals surface area contributed by atoms with E-state index in [4.69, 9.17) is 4.74 Å². The Morgan fingerprint density at radius 1 is 0.875 bits per heavy atom. The maximum absolute atomic E-state index is 13.0. The molecule has 0 amide bonds. The highest BCUT2D eigenvalue weighted by Crippen LogP contribution is 2.30. The van der Waals surface area contributed by atoms with E-state index in [2.05, 4.69) is 35.6 Å². The molecule has 0 bridgehead atoms. The topological polar surface area (TPSA) is 97.7 Å². The molecular weight excluding hydrogens is 444 g/mol. The van der Waals surface area contributed by atoms with Crippen LogP contribution in [0.1, 0.15) is 11.4 Å². The Balaban J connectivity index is 1.99. The lowest BCUT2D eigenvalue weighted by Gasteiger charge is -2.12. The maximum Gasteiger partial charge on any atom is 0.433 e. The van der Waals surface area contributed by atoms with Crippen LogP contribution in [-0.2, 0) is 17.1 Å². The van der Waals surface area contributed by atoms with Crippen LogP contribution in [0.4, 0.5) is 43.9 Å². The van der Waals surface area contributed by atoms with Gasteiger partial charge in [-0.05, 0) is 24.3 Å². The first-order valence-electron chi connectivity index (χ1n) is 8.90. The summed E-state index contributed by atoms with van der Waals surface area (Å²) in [5.74, 6) is -0.481. The van der Waals surface area contributed by atoms with E-state index in [0.717, 1.165) is 24.4 Å². The molecule has 3 aromatic rings. The number of anilines is 3. The number of aromatic nitrogens is 5. The van der Waals surface area contributed by atoms with Gasteiger partial charge >= 0.3 is 12.4 Å². The number of pyridine rings is 2. The molecule has 0 saturated heterocycles. The summed E-state index contributed by atoms with van der Waals surface area (Å²) in [5.41, 5.74) is -2.53. The van der Waals surface area contributed by atoms with Crippen LogP contribution < -0.4 is 10.6 Å². The third-order valence-corrected chi connectivity index (χ3v) is 3.80. The van der Waals surface area contributed by atoms with Gasteiger partial charge in [0.05, 0.1) is 6.61 Å². The quantitative estimate of drug-likeness (QED) is 0.402. The standard InChI is InChI=1S/C18H15F6N7O/c1-32-8-7-26-15-29-14(11-3-2-4-12(28-11)17(19,20)21)30-16(31-15)27-10-5-6-25-13(9-10)18(22,23)24/h2-6,9H,7-8H2,1H3,(H2,25,26,27,29,30,31). The smallest absolute Gasteiger partial charge is 0.383 e. The fraction of sp³-hybridized carbons (Fsp3) is 0.278. The summed E-state index contributed by atoms with van der Waals surface area (Å²) in [6, 6.07) is 5.18. The molecule has 0 aliphatic carbocycles. The summed E-state index contributed by atoms with van der Waals surface area (Å²) in [4.78, 5) is 18.9. The second-order valence-corrected chi connectivity index (χ2v) is 6.18. The predicted molar refractivity (Wildman–Crippen MR) is 101 cm³/mol. The molecule has 8 nitrogen and oxygen atoms in total. The van der Waals surface area contributed by atoms with Gasteiger partial charge in [0.15, 0.2) is 5.82 Å². The Labute approximate surface area is 177 Å². The molecule has 32 heavy (non-hydrogen) atoms. The van der Waals surface area contributed by atoms with Gasteiger partial charge in [-0.1, -0.05) is 6.07 Å². The van der Waals surface area contributed by atoms with Crippen LogP contribution in [0.5, 0.6) is 0 Å². The first-order chi connectivity index (χ1) is 15.1. The van der Waals surface area contributed by atoms with E-state index in [1.54, 1.807) is 0 Å². The molecular formula is C18H15F6N7O. The van der Waals surface area contributed by atoms with Crippen molar-refractivity contribution in [3.63, 3.8) is 0 Å². The Bertz CT molecular complexity index is 1070. The normalized spacial score (nSPS) is 12.0. The van der Waals surface area contributed by atoms with Crippen molar-refractivity contribution >= 4 is 17.6 Å². The van der Waals surface area contributed by atoms with Crippen LogP contribution in [0.3, 0.4) is 0 Å². The van der Waals surface area contributed by atoms with Crippen molar-refractivity contribution in [3.8, 4) is 11.5 Å². The van der Waals surface area contributed by atoms with Crippen molar-refractivity contribution < 1.29 is 31.1 Å². The minimum atomic E-state index is -4.69. The van der Waals surface area contributed by atoms with Crippen molar-refractivity contribution in [2.24, 2.45) is 0 Å². The zero-order valence-electron chi connectivity index (χ0n) is 16.3. The molecule has 3 aromatic heterocycles. The number of halogens is 6.